The van der Waals surface area contributed by atoms with Crippen molar-refractivity contribution in [2.75, 3.05) is 5.32 Å². The van der Waals surface area contributed by atoms with E-state index in [-0.39, 0.29) is 12.0 Å². The zero-order valence-corrected chi connectivity index (χ0v) is 11.0. The maximum absolute atomic E-state index is 11.7. The summed E-state index contributed by atoms with van der Waals surface area (Å²) in [7, 11) is 0. The summed E-state index contributed by atoms with van der Waals surface area (Å²) >= 11 is 0. The zero-order chi connectivity index (χ0) is 14.0. The predicted octanol–water partition coefficient (Wildman–Crippen LogP) is 1.45. The molecule has 19 heavy (non-hydrogen) atoms. The maximum Gasteiger partial charge on any atom is 0.326 e. The minimum Gasteiger partial charge on any atom is -0.480 e. The van der Waals surface area contributed by atoms with Gasteiger partial charge in [0.2, 0.25) is 0 Å². The van der Waals surface area contributed by atoms with Gasteiger partial charge in [-0.15, -0.1) is 0 Å². The first-order valence-corrected chi connectivity index (χ1v) is 6.32. The molecule has 1 atom stereocenters. The number of urea groups is 1. The number of amides is 2. The van der Waals surface area contributed by atoms with Crippen molar-refractivity contribution in [3.05, 3.63) is 12.4 Å². The number of carbonyl (C=O) groups excluding carboxylic acids is 1. The van der Waals surface area contributed by atoms with Gasteiger partial charge in [-0.25, -0.2) is 9.59 Å². The highest BCUT2D eigenvalue weighted by molar-refractivity contribution is 5.92. The Bertz CT molecular complexity index is 479. The molecule has 1 aliphatic carbocycles. The molecule has 104 valence electrons. The molecule has 2 rings (SSSR count). The number of carboxylic acids is 1. The quantitative estimate of drug-likeness (QED) is 0.751. The molecule has 0 bridgehead atoms. The van der Waals surface area contributed by atoms with E-state index in [1.54, 1.807) is 10.9 Å². The average molecular weight is 266 g/mol. The van der Waals surface area contributed by atoms with Gasteiger partial charge in [-0.05, 0) is 32.6 Å². The van der Waals surface area contributed by atoms with Crippen LogP contribution in [-0.2, 0) is 4.79 Å². The Hall–Kier alpha value is -2.05. The Morgan fingerprint density at radius 2 is 2.16 bits per heavy atom. The monoisotopic (exact) mass is 266 g/mol. The number of aromatic nitrogens is 2. The van der Waals surface area contributed by atoms with Crippen molar-refractivity contribution in [3.8, 4) is 0 Å². The van der Waals surface area contributed by atoms with Crippen molar-refractivity contribution in [2.45, 2.75) is 38.8 Å². The largest absolute Gasteiger partial charge is 0.480 e. The van der Waals surface area contributed by atoms with Crippen molar-refractivity contribution >= 4 is 17.7 Å². The number of nitrogens with zero attached hydrogens (tertiary/aromatic N) is 2. The lowest BCUT2D eigenvalue weighted by Crippen LogP contribution is -2.44. The van der Waals surface area contributed by atoms with E-state index in [9.17, 15) is 9.59 Å². The van der Waals surface area contributed by atoms with Crippen LogP contribution in [0.1, 0.15) is 32.7 Å². The third kappa shape index (κ3) is 3.46. The normalized spacial score (nSPS) is 16.2. The number of rotatable bonds is 5. The molecule has 1 aliphatic rings. The van der Waals surface area contributed by atoms with Crippen molar-refractivity contribution in [3.63, 3.8) is 0 Å². The highest BCUT2D eigenvalue weighted by Gasteiger charge is 2.37. The van der Waals surface area contributed by atoms with Crippen molar-refractivity contribution in [2.24, 2.45) is 5.92 Å². The van der Waals surface area contributed by atoms with Gasteiger partial charge in [-0.1, -0.05) is 0 Å². The SMILES string of the molecule is CC(C)n1cc(NC(=O)NC(C(=O)O)C2CC2)cn1. The molecule has 7 nitrogen and oxygen atoms in total. The van der Waals surface area contributed by atoms with Crippen LogP contribution in [0.3, 0.4) is 0 Å². The molecule has 1 saturated carbocycles. The number of hydrogen-bond acceptors (Lipinski definition) is 3. The fourth-order valence-corrected chi connectivity index (χ4v) is 1.80. The minimum absolute atomic E-state index is 0.0571. The fraction of sp³-hybridized carbons (Fsp3) is 0.583. The van der Waals surface area contributed by atoms with Crippen molar-refractivity contribution in [1.29, 1.82) is 0 Å². The van der Waals surface area contributed by atoms with E-state index in [2.05, 4.69) is 15.7 Å². The molecule has 0 spiro atoms. The summed E-state index contributed by atoms with van der Waals surface area (Å²) in [5, 5.41) is 18.2. The number of hydrogen-bond donors (Lipinski definition) is 3. The summed E-state index contributed by atoms with van der Waals surface area (Å²) in [5.74, 6) is -0.933. The second-order valence-electron chi connectivity index (χ2n) is 5.05. The van der Waals surface area contributed by atoms with Gasteiger partial charge in [0.25, 0.3) is 0 Å². The van der Waals surface area contributed by atoms with Gasteiger partial charge in [0.1, 0.15) is 6.04 Å². The summed E-state index contributed by atoms with van der Waals surface area (Å²) in [5.41, 5.74) is 0.547. The molecule has 2 amide bonds. The zero-order valence-electron chi connectivity index (χ0n) is 11.0. The van der Waals surface area contributed by atoms with Crippen LogP contribution in [0, 0.1) is 5.92 Å². The van der Waals surface area contributed by atoms with Crippen LogP contribution < -0.4 is 10.6 Å². The van der Waals surface area contributed by atoms with Crippen LogP contribution in [0.4, 0.5) is 10.5 Å². The lowest BCUT2D eigenvalue weighted by Gasteiger charge is -2.13. The van der Waals surface area contributed by atoms with Crippen LogP contribution in [0.25, 0.3) is 0 Å². The van der Waals surface area contributed by atoms with Gasteiger partial charge < -0.3 is 15.7 Å². The third-order valence-corrected chi connectivity index (χ3v) is 3.03. The van der Waals surface area contributed by atoms with Crippen molar-refractivity contribution in [1.82, 2.24) is 15.1 Å². The van der Waals surface area contributed by atoms with Gasteiger partial charge in [0.15, 0.2) is 0 Å². The molecule has 0 aromatic carbocycles. The number of nitrogens with one attached hydrogen (secondary N) is 2. The van der Waals surface area contributed by atoms with Crippen LogP contribution in [0.2, 0.25) is 0 Å². The first-order chi connectivity index (χ1) is 8.97. The fourth-order valence-electron chi connectivity index (χ4n) is 1.80. The van der Waals surface area contributed by atoms with Gasteiger partial charge in [0.05, 0.1) is 11.9 Å². The van der Waals surface area contributed by atoms with Gasteiger partial charge in [-0.3, -0.25) is 4.68 Å². The molecular formula is C12H18N4O3. The second kappa shape index (κ2) is 5.29. The van der Waals surface area contributed by atoms with Crippen LogP contribution in [0.15, 0.2) is 12.4 Å². The summed E-state index contributed by atoms with van der Waals surface area (Å²) in [6.45, 7) is 3.95. The Morgan fingerprint density at radius 3 is 2.63 bits per heavy atom. The van der Waals surface area contributed by atoms with E-state index >= 15 is 0 Å². The number of anilines is 1. The Labute approximate surface area is 111 Å². The van der Waals surface area contributed by atoms with Crippen molar-refractivity contribution < 1.29 is 14.7 Å². The summed E-state index contributed by atoms with van der Waals surface area (Å²) in [6.07, 6.45) is 4.94. The Morgan fingerprint density at radius 1 is 1.47 bits per heavy atom. The van der Waals surface area contributed by atoms with Crippen LogP contribution in [-0.4, -0.2) is 32.9 Å². The summed E-state index contributed by atoms with van der Waals surface area (Å²) < 4.78 is 1.71. The molecule has 7 heteroatoms. The number of carboxylic acid groups (broad SMARTS) is 1. The highest BCUT2D eigenvalue weighted by atomic mass is 16.4. The molecule has 3 N–H and O–H groups in total. The molecule has 0 radical (unpaired) electrons. The minimum atomic E-state index is -0.990. The van der Waals surface area contributed by atoms with Crippen LogP contribution in [0.5, 0.6) is 0 Å². The van der Waals surface area contributed by atoms with E-state index < -0.39 is 18.0 Å². The number of carbonyl (C=O) groups is 2. The molecule has 1 heterocycles. The van der Waals surface area contributed by atoms with E-state index in [0.717, 1.165) is 12.8 Å². The molecule has 1 aromatic heterocycles. The maximum atomic E-state index is 11.7. The molecule has 0 saturated heterocycles. The first-order valence-electron chi connectivity index (χ1n) is 6.32. The van der Waals surface area contributed by atoms with Gasteiger partial charge in [0, 0.05) is 12.2 Å². The number of aliphatic carboxylic acids is 1. The van der Waals surface area contributed by atoms with E-state index in [4.69, 9.17) is 5.11 Å². The first kappa shape index (κ1) is 13.4. The topological polar surface area (TPSA) is 96.2 Å². The Kier molecular flexibility index (Phi) is 3.73. The standard InChI is InChI=1S/C12H18N4O3/c1-7(2)16-6-9(5-13-16)14-12(19)15-10(11(17)18)8-3-4-8/h5-8,10H,3-4H2,1-2H3,(H,17,18)(H2,14,15,19). The molecular weight excluding hydrogens is 248 g/mol. The predicted molar refractivity (Wildman–Crippen MR) is 68.9 cm³/mol. The van der Waals surface area contributed by atoms with Gasteiger partial charge >= 0.3 is 12.0 Å². The van der Waals surface area contributed by atoms with Gasteiger partial charge in [-0.2, -0.15) is 5.10 Å². The Balaban J connectivity index is 1.90. The lowest BCUT2D eigenvalue weighted by atomic mass is 10.2. The van der Waals surface area contributed by atoms with E-state index in [1.165, 1.54) is 6.20 Å². The molecule has 1 unspecified atom stereocenters. The molecule has 1 fully saturated rings. The molecule has 0 aliphatic heterocycles. The van der Waals surface area contributed by atoms with E-state index in [1.807, 2.05) is 13.8 Å². The van der Waals surface area contributed by atoms with Crippen LogP contribution >= 0.6 is 0 Å². The summed E-state index contributed by atoms with van der Waals surface area (Å²) in [6, 6.07) is -1.11. The second-order valence-corrected chi connectivity index (χ2v) is 5.05. The smallest absolute Gasteiger partial charge is 0.326 e. The lowest BCUT2D eigenvalue weighted by molar-refractivity contribution is -0.139. The highest BCUT2D eigenvalue weighted by Crippen LogP contribution is 2.32. The third-order valence-electron chi connectivity index (χ3n) is 3.03. The molecule has 1 aromatic rings. The average Bonchev–Trinajstić information content (AvgIpc) is 3.05. The van der Waals surface area contributed by atoms with E-state index in [0.29, 0.717) is 5.69 Å². The summed E-state index contributed by atoms with van der Waals surface area (Å²) in [4.78, 5) is 22.7.